The van der Waals surface area contributed by atoms with Crippen LogP contribution in [-0.2, 0) is 14.2 Å². The van der Waals surface area contributed by atoms with E-state index in [-0.39, 0.29) is 0 Å². The molecular formula is C17H32O10. The summed E-state index contributed by atoms with van der Waals surface area (Å²) in [7, 11) is 0. The van der Waals surface area contributed by atoms with Gasteiger partial charge < -0.3 is 50.0 Å². The van der Waals surface area contributed by atoms with Crippen molar-refractivity contribution in [1.29, 1.82) is 0 Å². The van der Waals surface area contributed by atoms with Crippen LogP contribution in [0.5, 0.6) is 0 Å². The molecule has 2 aliphatic rings. The molecule has 2 heterocycles. The van der Waals surface area contributed by atoms with Gasteiger partial charge in [0.15, 0.2) is 6.29 Å². The molecule has 10 heteroatoms. The van der Waals surface area contributed by atoms with Crippen LogP contribution in [0.4, 0.5) is 0 Å². The third kappa shape index (κ3) is 5.15. The highest BCUT2D eigenvalue weighted by atomic mass is 16.7. The average molecular weight is 396 g/mol. The van der Waals surface area contributed by atoms with Crippen molar-refractivity contribution in [3.05, 3.63) is 0 Å². The number of aliphatic hydroxyl groups is 7. The smallest absolute Gasteiger partial charge is 0.187 e. The fraction of sp³-hybridized carbons (Fsp3) is 1.00. The standard InChI is InChI=1S/C17H32O10/c1-7(2)3-4-8-12(21)16(13(22)10(6-19)25-8)27-17-15(24)14(23)11(20)9(5-18)26-17/h7-24H,3-6H2,1-2H3/t8-,9+,10+,11-,12-,13-,14-,15+,16+,17+/m0/s1. The van der Waals surface area contributed by atoms with Gasteiger partial charge in [-0.25, -0.2) is 0 Å². The summed E-state index contributed by atoms with van der Waals surface area (Å²) in [6.45, 7) is 2.89. The molecule has 0 saturated carbocycles. The molecule has 0 amide bonds. The Labute approximate surface area is 157 Å². The van der Waals surface area contributed by atoms with E-state index in [0.29, 0.717) is 12.3 Å². The Kier molecular flexibility index (Phi) is 8.37. The van der Waals surface area contributed by atoms with E-state index in [1.807, 2.05) is 13.8 Å². The summed E-state index contributed by atoms with van der Waals surface area (Å²) in [4.78, 5) is 0. The summed E-state index contributed by atoms with van der Waals surface area (Å²) in [6.07, 6.45) is -12.0. The lowest BCUT2D eigenvalue weighted by Gasteiger charge is -2.46. The van der Waals surface area contributed by atoms with E-state index in [1.165, 1.54) is 0 Å². The number of hydrogen-bond donors (Lipinski definition) is 7. The quantitative estimate of drug-likeness (QED) is 0.237. The maximum Gasteiger partial charge on any atom is 0.187 e. The van der Waals surface area contributed by atoms with Crippen molar-refractivity contribution >= 4 is 0 Å². The van der Waals surface area contributed by atoms with Crippen molar-refractivity contribution in [2.45, 2.75) is 87.9 Å². The van der Waals surface area contributed by atoms with E-state index in [4.69, 9.17) is 14.2 Å². The van der Waals surface area contributed by atoms with Crippen LogP contribution in [-0.4, -0.2) is 110 Å². The Morgan fingerprint density at radius 3 is 1.85 bits per heavy atom. The van der Waals surface area contributed by atoms with Crippen LogP contribution >= 0.6 is 0 Å². The van der Waals surface area contributed by atoms with E-state index in [9.17, 15) is 35.7 Å². The molecule has 0 unspecified atom stereocenters. The van der Waals surface area contributed by atoms with E-state index in [1.54, 1.807) is 0 Å². The minimum Gasteiger partial charge on any atom is -0.394 e. The SMILES string of the molecule is CC(C)CC[C@@H]1O[C@H](CO)[C@H](O)[C@H](O[C@H]2O[C@H](CO)[C@H](O)[C@H](O)[C@H]2O)[C@H]1O. The van der Waals surface area contributed by atoms with Crippen molar-refractivity contribution in [3.8, 4) is 0 Å². The van der Waals surface area contributed by atoms with Crippen LogP contribution in [0.15, 0.2) is 0 Å². The average Bonchev–Trinajstić information content (AvgIpc) is 2.64. The molecule has 160 valence electrons. The van der Waals surface area contributed by atoms with E-state index in [0.717, 1.165) is 6.42 Å². The maximum atomic E-state index is 10.6. The molecule has 27 heavy (non-hydrogen) atoms. The molecule has 10 atom stereocenters. The summed E-state index contributed by atoms with van der Waals surface area (Å²) in [5, 5.41) is 69.5. The predicted octanol–water partition coefficient (Wildman–Crippen LogP) is -2.91. The van der Waals surface area contributed by atoms with Crippen molar-refractivity contribution in [2.75, 3.05) is 13.2 Å². The maximum absolute atomic E-state index is 10.6. The molecule has 0 spiro atoms. The van der Waals surface area contributed by atoms with Crippen LogP contribution in [0.3, 0.4) is 0 Å². The molecule has 10 nitrogen and oxygen atoms in total. The minimum atomic E-state index is -1.66. The van der Waals surface area contributed by atoms with E-state index < -0.39 is 74.4 Å². The van der Waals surface area contributed by atoms with E-state index >= 15 is 0 Å². The Morgan fingerprint density at radius 2 is 1.30 bits per heavy atom. The third-order valence-electron chi connectivity index (χ3n) is 5.13. The van der Waals surface area contributed by atoms with Gasteiger partial charge in [0.25, 0.3) is 0 Å². The molecule has 2 aliphatic heterocycles. The number of ether oxygens (including phenoxy) is 3. The number of hydrogen-bond acceptors (Lipinski definition) is 10. The highest BCUT2D eigenvalue weighted by Crippen LogP contribution is 2.30. The van der Waals surface area contributed by atoms with Crippen LogP contribution in [0, 0.1) is 5.92 Å². The fourth-order valence-corrected chi connectivity index (χ4v) is 3.39. The van der Waals surface area contributed by atoms with Gasteiger partial charge in [-0.15, -0.1) is 0 Å². The fourth-order valence-electron chi connectivity index (χ4n) is 3.39. The highest BCUT2D eigenvalue weighted by Gasteiger charge is 2.50. The summed E-state index contributed by atoms with van der Waals surface area (Å²) < 4.78 is 16.4. The van der Waals surface area contributed by atoms with Gasteiger partial charge in [-0.05, 0) is 18.8 Å². The van der Waals surface area contributed by atoms with Gasteiger partial charge in [-0.1, -0.05) is 13.8 Å². The first-order chi connectivity index (χ1) is 12.7. The molecule has 0 aliphatic carbocycles. The first kappa shape index (κ1) is 22.9. The zero-order chi connectivity index (χ0) is 20.3. The second kappa shape index (κ2) is 9.88. The molecular weight excluding hydrogens is 364 g/mol. The molecule has 0 aromatic rings. The van der Waals surface area contributed by atoms with Gasteiger partial charge in [-0.2, -0.15) is 0 Å². The van der Waals surface area contributed by atoms with Gasteiger partial charge in [0.05, 0.1) is 19.3 Å². The summed E-state index contributed by atoms with van der Waals surface area (Å²) in [5.41, 5.74) is 0. The third-order valence-corrected chi connectivity index (χ3v) is 5.13. The van der Waals surface area contributed by atoms with Crippen LogP contribution in [0.2, 0.25) is 0 Å². The molecule has 7 N–H and O–H groups in total. The van der Waals surface area contributed by atoms with Crippen LogP contribution < -0.4 is 0 Å². The normalized spacial score (nSPS) is 46.0. The molecule has 0 radical (unpaired) electrons. The van der Waals surface area contributed by atoms with Crippen molar-refractivity contribution in [1.82, 2.24) is 0 Å². The van der Waals surface area contributed by atoms with Gasteiger partial charge in [0.1, 0.15) is 48.8 Å². The van der Waals surface area contributed by atoms with Crippen molar-refractivity contribution in [3.63, 3.8) is 0 Å². The number of rotatable bonds is 7. The topological polar surface area (TPSA) is 169 Å². The molecule has 0 aromatic carbocycles. The lowest BCUT2D eigenvalue weighted by atomic mass is 9.90. The van der Waals surface area contributed by atoms with E-state index in [2.05, 4.69) is 0 Å². The Hall–Kier alpha value is -0.400. The highest BCUT2D eigenvalue weighted by molar-refractivity contribution is 4.95. The Balaban J connectivity index is 2.13. The molecule has 0 bridgehead atoms. The molecule has 2 rings (SSSR count). The number of aliphatic hydroxyl groups excluding tert-OH is 7. The van der Waals surface area contributed by atoms with Gasteiger partial charge in [0.2, 0.25) is 0 Å². The second-order valence-electron chi connectivity index (χ2n) is 7.65. The zero-order valence-electron chi connectivity index (χ0n) is 15.5. The molecule has 0 aromatic heterocycles. The monoisotopic (exact) mass is 396 g/mol. The molecule has 2 saturated heterocycles. The first-order valence-electron chi connectivity index (χ1n) is 9.29. The predicted molar refractivity (Wildman–Crippen MR) is 90.5 cm³/mol. The zero-order valence-corrected chi connectivity index (χ0v) is 15.5. The van der Waals surface area contributed by atoms with Gasteiger partial charge >= 0.3 is 0 Å². The summed E-state index contributed by atoms with van der Waals surface area (Å²) in [6, 6.07) is 0. The minimum absolute atomic E-state index is 0.352. The largest absolute Gasteiger partial charge is 0.394 e. The second-order valence-corrected chi connectivity index (χ2v) is 7.65. The Morgan fingerprint density at radius 1 is 0.741 bits per heavy atom. The summed E-state index contributed by atoms with van der Waals surface area (Å²) >= 11 is 0. The molecule has 2 fully saturated rings. The lowest BCUT2D eigenvalue weighted by Crippen LogP contribution is -2.64. The van der Waals surface area contributed by atoms with Crippen molar-refractivity contribution in [2.24, 2.45) is 5.92 Å². The van der Waals surface area contributed by atoms with Crippen molar-refractivity contribution < 1.29 is 50.0 Å². The lowest BCUT2D eigenvalue weighted by molar-refractivity contribution is -0.342. The first-order valence-corrected chi connectivity index (χ1v) is 9.29. The van der Waals surface area contributed by atoms with Gasteiger partial charge in [0, 0.05) is 0 Å². The Bertz CT molecular complexity index is 447. The van der Waals surface area contributed by atoms with Gasteiger partial charge in [-0.3, -0.25) is 0 Å². The van der Waals surface area contributed by atoms with Crippen LogP contribution in [0.25, 0.3) is 0 Å². The van der Waals surface area contributed by atoms with Crippen LogP contribution in [0.1, 0.15) is 26.7 Å². The summed E-state index contributed by atoms with van der Waals surface area (Å²) in [5.74, 6) is 0.352.